The van der Waals surface area contributed by atoms with E-state index in [-0.39, 0.29) is 0 Å². The lowest BCUT2D eigenvalue weighted by Crippen LogP contribution is -2.40. The van der Waals surface area contributed by atoms with E-state index in [4.69, 9.17) is 22.9 Å². The fraction of sp³-hybridized carbons (Fsp3) is 0.375. The van der Waals surface area contributed by atoms with Crippen molar-refractivity contribution in [2.24, 2.45) is 5.73 Å². The first-order valence-corrected chi connectivity index (χ1v) is 7.39. The van der Waals surface area contributed by atoms with Crippen LogP contribution < -0.4 is 10.6 Å². The van der Waals surface area contributed by atoms with E-state index in [9.17, 15) is 5.11 Å². The molecule has 4 nitrogen and oxygen atoms in total. The Bertz CT molecular complexity index is 664. The molecule has 21 heavy (non-hydrogen) atoms. The number of aliphatic hydroxyl groups is 1. The number of nitrogens with two attached hydrogens (primary N) is 1. The molecule has 2 aromatic rings. The molecule has 0 saturated carbocycles. The molecule has 0 amide bonds. The Balaban J connectivity index is 2.58. The van der Waals surface area contributed by atoms with Gasteiger partial charge in [-0.15, -0.1) is 0 Å². The van der Waals surface area contributed by atoms with Gasteiger partial charge in [0.25, 0.3) is 0 Å². The number of anilines is 1. The van der Waals surface area contributed by atoms with E-state index in [1.165, 1.54) is 0 Å². The van der Waals surface area contributed by atoms with Crippen molar-refractivity contribution in [2.45, 2.75) is 26.4 Å². The fourth-order valence-electron chi connectivity index (χ4n) is 2.33. The Morgan fingerprint density at radius 2 is 2.05 bits per heavy atom. The average molecular weight is 303 g/mol. The van der Waals surface area contributed by atoms with E-state index in [0.29, 0.717) is 18.1 Å². The standard InChI is InChI=1S/C16H21N3OS/c1-4-19(10-16(2,3)20)15-12(14(17)21)9-11-7-5-6-8-13(11)18-15/h5-9,20H,4,10H2,1-3H3,(H2,17,21). The maximum Gasteiger partial charge on any atom is 0.139 e. The van der Waals surface area contributed by atoms with Crippen LogP contribution in [0.25, 0.3) is 10.9 Å². The minimum atomic E-state index is -0.823. The molecule has 0 fully saturated rings. The molecule has 2 rings (SSSR count). The van der Waals surface area contributed by atoms with Crippen molar-refractivity contribution in [1.29, 1.82) is 0 Å². The summed E-state index contributed by atoms with van der Waals surface area (Å²) in [5, 5.41) is 11.1. The summed E-state index contributed by atoms with van der Waals surface area (Å²) in [6.07, 6.45) is 0. The monoisotopic (exact) mass is 303 g/mol. The molecule has 0 unspecified atom stereocenters. The van der Waals surface area contributed by atoms with Gasteiger partial charge >= 0.3 is 0 Å². The van der Waals surface area contributed by atoms with Gasteiger partial charge < -0.3 is 15.7 Å². The first kappa shape index (κ1) is 15.7. The van der Waals surface area contributed by atoms with Crippen molar-refractivity contribution in [3.05, 3.63) is 35.9 Å². The van der Waals surface area contributed by atoms with Crippen LogP contribution in [0.4, 0.5) is 5.82 Å². The molecule has 0 aliphatic heterocycles. The van der Waals surface area contributed by atoms with Gasteiger partial charge in [-0.2, -0.15) is 0 Å². The third-order valence-corrected chi connectivity index (χ3v) is 3.45. The second-order valence-electron chi connectivity index (χ2n) is 5.74. The summed E-state index contributed by atoms with van der Waals surface area (Å²) >= 11 is 5.17. The number of rotatable bonds is 5. The number of pyridine rings is 1. The number of para-hydroxylation sites is 1. The first-order valence-electron chi connectivity index (χ1n) is 6.99. The van der Waals surface area contributed by atoms with Crippen LogP contribution in [0, 0.1) is 0 Å². The van der Waals surface area contributed by atoms with Gasteiger partial charge in [-0.25, -0.2) is 4.98 Å². The molecule has 0 aliphatic carbocycles. The van der Waals surface area contributed by atoms with Crippen molar-refractivity contribution in [3.63, 3.8) is 0 Å². The lowest BCUT2D eigenvalue weighted by molar-refractivity contribution is 0.0874. The molecule has 112 valence electrons. The topological polar surface area (TPSA) is 62.4 Å². The molecule has 0 radical (unpaired) electrons. The van der Waals surface area contributed by atoms with Crippen molar-refractivity contribution in [2.75, 3.05) is 18.0 Å². The highest BCUT2D eigenvalue weighted by molar-refractivity contribution is 7.80. The third kappa shape index (κ3) is 3.68. The molecule has 1 aromatic carbocycles. The van der Waals surface area contributed by atoms with Crippen molar-refractivity contribution < 1.29 is 5.11 Å². The summed E-state index contributed by atoms with van der Waals surface area (Å²) < 4.78 is 0. The van der Waals surface area contributed by atoms with E-state index < -0.39 is 5.60 Å². The van der Waals surface area contributed by atoms with Gasteiger partial charge in [0.15, 0.2) is 0 Å². The van der Waals surface area contributed by atoms with Crippen LogP contribution in [0.2, 0.25) is 0 Å². The minimum absolute atomic E-state index is 0.317. The van der Waals surface area contributed by atoms with E-state index in [1.54, 1.807) is 13.8 Å². The second-order valence-corrected chi connectivity index (χ2v) is 6.18. The maximum absolute atomic E-state index is 10.1. The van der Waals surface area contributed by atoms with Crippen molar-refractivity contribution >= 4 is 33.9 Å². The highest BCUT2D eigenvalue weighted by Crippen LogP contribution is 2.25. The van der Waals surface area contributed by atoms with Gasteiger partial charge in [-0.3, -0.25) is 0 Å². The van der Waals surface area contributed by atoms with Gasteiger partial charge in [-0.05, 0) is 32.9 Å². The smallest absolute Gasteiger partial charge is 0.139 e. The zero-order valence-corrected chi connectivity index (χ0v) is 13.4. The zero-order chi connectivity index (χ0) is 15.6. The summed E-state index contributed by atoms with van der Waals surface area (Å²) in [4.78, 5) is 7.02. The molecular formula is C16H21N3OS. The number of benzene rings is 1. The number of nitrogens with zero attached hydrogens (tertiary/aromatic N) is 2. The minimum Gasteiger partial charge on any atom is -0.389 e. The molecule has 0 spiro atoms. The van der Waals surface area contributed by atoms with E-state index in [2.05, 4.69) is 0 Å². The van der Waals surface area contributed by atoms with Gasteiger partial charge in [0.1, 0.15) is 10.8 Å². The molecule has 0 bridgehead atoms. The number of fused-ring (bicyclic) bond motifs is 1. The number of thiocarbonyl (C=S) groups is 1. The molecule has 0 aliphatic rings. The van der Waals surface area contributed by atoms with Crippen LogP contribution >= 0.6 is 12.2 Å². The summed E-state index contributed by atoms with van der Waals surface area (Å²) in [7, 11) is 0. The Hall–Kier alpha value is -1.72. The summed E-state index contributed by atoms with van der Waals surface area (Å²) in [5.41, 5.74) is 6.68. The normalized spacial score (nSPS) is 11.6. The van der Waals surface area contributed by atoms with Crippen molar-refractivity contribution in [3.8, 4) is 0 Å². The highest BCUT2D eigenvalue weighted by Gasteiger charge is 2.21. The Morgan fingerprint density at radius 3 is 2.62 bits per heavy atom. The second kappa shape index (κ2) is 5.95. The largest absolute Gasteiger partial charge is 0.389 e. The quantitative estimate of drug-likeness (QED) is 0.831. The van der Waals surface area contributed by atoms with Crippen LogP contribution in [0.15, 0.2) is 30.3 Å². The van der Waals surface area contributed by atoms with Gasteiger partial charge in [-0.1, -0.05) is 30.4 Å². The fourth-order valence-corrected chi connectivity index (χ4v) is 2.48. The lowest BCUT2D eigenvalue weighted by atomic mass is 10.1. The predicted octanol–water partition coefficient (Wildman–Crippen LogP) is 2.47. The summed E-state index contributed by atoms with van der Waals surface area (Å²) in [5.74, 6) is 0.728. The van der Waals surface area contributed by atoms with Crippen LogP contribution in [0.3, 0.4) is 0 Å². The predicted molar refractivity (Wildman–Crippen MR) is 91.8 cm³/mol. The number of likely N-dealkylation sites (N-methyl/N-ethyl adjacent to an activating group) is 1. The van der Waals surface area contributed by atoms with Crippen LogP contribution in [0.1, 0.15) is 26.3 Å². The number of aromatic nitrogens is 1. The number of hydrogen-bond donors (Lipinski definition) is 2. The number of hydrogen-bond acceptors (Lipinski definition) is 4. The summed E-state index contributed by atoms with van der Waals surface area (Å²) in [6.45, 7) is 6.75. The SMILES string of the molecule is CCN(CC(C)(C)O)c1nc2ccccc2cc1C(N)=S. The molecule has 5 heteroatoms. The molecular weight excluding hydrogens is 282 g/mol. The van der Waals surface area contributed by atoms with Gasteiger partial charge in [0, 0.05) is 18.5 Å². The Morgan fingerprint density at radius 1 is 1.38 bits per heavy atom. The first-order chi connectivity index (χ1) is 9.81. The lowest BCUT2D eigenvalue weighted by Gasteiger charge is -2.30. The van der Waals surface area contributed by atoms with E-state index >= 15 is 0 Å². The summed E-state index contributed by atoms with van der Waals surface area (Å²) in [6, 6.07) is 9.82. The highest BCUT2D eigenvalue weighted by atomic mass is 32.1. The molecule has 1 aromatic heterocycles. The maximum atomic E-state index is 10.1. The van der Waals surface area contributed by atoms with Crippen LogP contribution in [0.5, 0.6) is 0 Å². The van der Waals surface area contributed by atoms with Crippen LogP contribution in [-0.4, -0.2) is 33.8 Å². The molecule has 0 atom stereocenters. The Labute approximate surface area is 130 Å². The van der Waals surface area contributed by atoms with Gasteiger partial charge in [0.05, 0.1) is 16.7 Å². The van der Waals surface area contributed by atoms with Gasteiger partial charge in [0.2, 0.25) is 0 Å². The zero-order valence-electron chi connectivity index (χ0n) is 12.6. The van der Waals surface area contributed by atoms with Crippen molar-refractivity contribution in [1.82, 2.24) is 4.98 Å². The third-order valence-electron chi connectivity index (χ3n) is 3.23. The molecule has 0 saturated heterocycles. The van der Waals surface area contributed by atoms with E-state index in [0.717, 1.165) is 22.3 Å². The van der Waals surface area contributed by atoms with Crippen LogP contribution in [-0.2, 0) is 0 Å². The molecule has 3 N–H and O–H groups in total. The van der Waals surface area contributed by atoms with E-state index in [1.807, 2.05) is 42.2 Å². The average Bonchev–Trinajstić information content (AvgIpc) is 2.42. The Kier molecular flexibility index (Phi) is 4.44. The molecule has 1 heterocycles.